The van der Waals surface area contributed by atoms with Crippen LogP contribution in [0.2, 0.25) is 0 Å². The van der Waals surface area contributed by atoms with E-state index >= 15 is 0 Å². The van der Waals surface area contributed by atoms with E-state index in [1.54, 1.807) is 6.07 Å². The lowest BCUT2D eigenvalue weighted by Gasteiger charge is -2.11. The molecule has 0 radical (unpaired) electrons. The molecular weight excluding hydrogens is 314 g/mol. The van der Waals surface area contributed by atoms with Gasteiger partial charge in [0.1, 0.15) is 6.07 Å². The maximum absolute atomic E-state index is 9.26. The molecule has 3 aromatic rings. The van der Waals surface area contributed by atoms with E-state index in [0.717, 1.165) is 29.8 Å². The van der Waals surface area contributed by atoms with Crippen LogP contribution in [0.5, 0.6) is 0 Å². The van der Waals surface area contributed by atoms with Crippen molar-refractivity contribution in [2.75, 3.05) is 10.6 Å². The van der Waals surface area contributed by atoms with E-state index in [0.29, 0.717) is 28.8 Å². The van der Waals surface area contributed by atoms with E-state index in [1.165, 1.54) is 10.7 Å². The van der Waals surface area contributed by atoms with Crippen molar-refractivity contribution >= 4 is 22.8 Å². The van der Waals surface area contributed by atoms with Gasteiger partial charge in [0.15, 0.2) is 17.2 Å². The molecule has 0 unspecified atom stereocenters. The molecule has 4 rings (SSSR count). The number of nitrogens with zero attached hydrogens (tertiary/aromatic N) is 5. The van der Waals surface area contributed by atoms with Gasteiger partial charge >= 0.3 is 0 Å². The summed E-state index contributed by atoms with van der Waals surface area (Å²) in [6, 6.07) is 12.2. The first-order valence-corrected chi connectivity index (χ1v) is 8.01. The third kappa shape index (κ3) is 2.84. The average molecular weight is 329 g/mol. The summed E-state index contributed by atoms with van der Waals surface area (Å²) in [6.45, 7) is 1.90. The lowest BCUT2D eigenvalue weighted by Crippen LogP contribution is -2.07. The first-order valence-electron chi connectivity index (χ1n) is 8.01. The Hall–Kier alpha value is -3.58. The summed E-state index contributed by atoms with van der Waals surface area (Å²) in [7, 11) is 0. The molecule has 0 saturated heterocycles. The highest BCUT2D eigenvalue weighted by Crippen LogP contribution is 2.29. The van der Waals surface area contributed by atoms with Crippen LogP contribution in [0.4, 0.5) is 17.2 Å². The highest BCUT2D eigenvalue weighted by atomic mass is 15.3. The average Bonchev–Trinajstić information content (AvgIpc) is 3.33. The zero-order valence-electron chi connectivity index (χ0n) is 13.6. The summed E-state index contributed by atoms with van der Waals surface area (Å²) in [5.74, 6) is 0.581. The van der Waals surface area contributed by atoms with Crippen molar-refractivity contribution in [2.24, 2.45) is 0 Å². The second-order valence-electron chi connectivity index (χ2n) is 6.12. The van der Waals surface area contributed by atoms with Gasteiger partial charge < -0.3 is 10.6 Å². The molecular formula is C18H15N7. The van der Waals surface area contributed by atoms with E-state index in [9.17, 15) is 10.5 Å². The normalized spacial score (nSPS) is 13.2. The minimum atomic E-state index is 0.374. The number of fused-ring (bicyclic) bond motifs is 1. The van der Waals surface area contributed by atoms with Gasteiger partial charge in [-0.2, -0.15) is 15.0 Å². The van der Waals surface area contributed by atoms with Gasteiger partial charge in [0.05, 0.1) is 23.5 Å². The van der Waals surface area contributed by atoms with Crippen LogP contribution in [0.15, 0.2) is 30.5 Å². The fourth-order valence-corrected chi connectivity index (χ4v) is 2.63. The highest BCUT2D eigenvalue weighted by molar-refractivity contribution is 5.73. The fraction of sp³-hybridized carbons (Fsp3) is 0.222. The van der Waals surface area contributed by atoms with Gasteiger partial charge in [-0.3, -0.25) is 0 Å². The van der Waals surface area contributed by atoms with Crippen molar-refractivity contribution in [3.63, 3.8) is 0 Å². The van der Waals surface area contributed by atoms with E-state index in [2.05, 4.69) is 32.9 Å². The molecule has 0 atom stereocenters. The number of anilines is 3. The van der Waals surface area contributed by atoms with Gasteiger partial charge in [0.25, 0.3) is 0 Å². The van der Waals surface area contributed by atoms with Gasteiger partial charge in [-0.1, -0.05) is 6.07 Å². The third-order valence-corrected chi connectivity index (χ3v) is 4.15. The lowest BCUT2D eigenvalue weighted by molar-refractivity contribution is 0.924. The quantitative estimate of drug-likeness (QED) is 0.762. The Labute approximate surface area is 144 Å². The standard InChI is InChI=1S/C18H15N7/c1-11-2-3-14(6-12(11)8-19)23-17-7-16(22-13-4-5-13)18-21-10-15(9-20)25(18)24-17/h2-3,6-7,10,13,22H,4-5H2,1H3,(H,23,24). The predicted molar refractivity (Wildman–Crippen MR) is 93.5 cm³/mol. The molecule has 0 amide bonds. The fourth-order valence-electron chi connectivity index (χ4n) is 2.63. The Balaban J connectivity index is 1.76. The van der Waals surface area contributed by atoms with Crippen molar-refractivity contribution in [3.05, 3.63) is 47.3 Å². The van der Waals surface area contributed by atoms with Crippen LogP contribution < -0.4 is 10.6 Å². The van der Waals surface area contributed by atoms with Crippen molar-refractivity contribution in [2.45, 2.75) is 25.8 Å². The Morgan fingerprint density at radius 2 is 2.04 bits per heavy atom. The summed E-state index contributed by atoms with van der Waals surface area (Å²) in [5.41, 5.74) is 4.16. The number of nitriles is 2. The Morgan fingerprint density at radius 1 is 1.20 bits per heavy atom. The van der Waals surface area contributed by atoms with Gasteiger partial charge in [-0.15, -0.1) is 5.10 Å². The van der Waals surface area contributed by atoms with Crippen molar-refractivity contribution in [3.8, 4) is 12.1 Å². The minimum Gasteiger partial charge on any atom is -0.379 e. The van der Waals surface area contributed by atoms with Crippen LogP contribution in [0.3, 0.4) is 0 Å². The Kier molecular flexibility index (Phi) is 3.48. The van der Waals surface area contributed by atoms with E-state index < -0.39 is 0 Å². The molecule has 7 nitrogen and oxygen atoms in total. The van der Waals surface area contributed by atoms with Crippen molar-refractivity contribution < 1.29 is 0 Å². The monoisotopic (exact) mass is 329 g/mol. The SMILES string of the molecule is Cc1ccc(Nc2cc(NC3CC3)c3ncc(C#N)n3n2)cc1C#N. The topological polar surface area (TPSA) is 102 Å². The second kappa shape index (κ2) is 5.81. The molecule has 0 aliphatic heterocycles. The van der Waals surface area contributed by atoms with Crippen LogP contribution in [-0.4, -0.2) is 20.6 Å². The van der Waals surface area contributed by atoms with E-state index in [1.807, 2.05) is 25.1 Å². The maximum Gasteiger partial charge on any atom is 0.178 e. The van der Waals surface area contributed by atoms with Crippen molar-refractivity contribution in [1.29, 1.82) is 10.5 Å². The van der Waals surface area contributed by atoms with E-state index in [-0.39, 0.29) is 0 Å². The van der Waals surface area contributed by atoms with Crippen LogP contribution in [0.25, 0.3) is 5.65 Å². The highest BCUT2D eigenvalue weighted by Gasteiger charge is 2.23. The van der Waals surface area contributed by atoms with Crippen molar-refractivity contribution in [1.82, 2.24) is 14.6 Å². The lowest BCUT2D eigenvalue weighted by atomic mass is 10.1. The maximum atomic E-state index is 9.26. The summed E-state index contributed by atoms with van der Waals surface area (Å²) >= 11 is 0. The van der Waals surface area contributed by atoms with Gasteiger partial charge in [-0.05, 0) is 37.5 Å². The molecule has 1 aliphatic carbocycles. The molecule has 1 aliphatic rings. The number of aromatic nitrogens is 3. The van der Waals surface area contributed by atoms with Gasteiger partial charge in [0, 0.05) is 17.8 Å². The zero-order chi connectivity index (χ0) is 17.4. The molecule has 0 bridgehead atoms. The van der Waals surface area contributed by atoms with Gasteiger partial charge in [0.2, 0.25) is 0 Å². The smallest absolute Gasteiger partial charge is 0.178 e. The molecule has 2 heterocycles. The second-order valence-corrected chi connectivity index (χ2v) is 6.12. The van der Waals surface area contributed by atoms with Crippen LogP contribution >= 0.6 is 0 Å². The molecule has 2 N–H and O–H groups in total. The number of benzene rings is 1. The summed E-state index contributed by atoms with van der Waals surface area (Å²) < 4.78 is 1.53. The third-order valence-electron chi connectivity index (χ3n) is 4.15. The van der Waals surface area contributed by atoms with Crippen LogP contribution in [0, 0.1) is 29.6 Å². The molecule has 1 saturated carbocycles. The molecule has 1 aromatic carbocycles. The van der Waals surface area contributed by atoms with Crippen LogP contribution in [0.1, 0.15) is 29.7 Å². The first-order chi connectivity index (χ1) is 12.2. The predicted octanol–water partition coefficient (Wildman–Crippen LogP) is 3.10. The zero-order valence-corrected chi connectivity index (χ0v) is 13.6. The van der Waals surface area contributed by atoms with Crippen LogP contribution in [-0.2, 0) is 0 Å². The number of imidazole rings is 1. The summed E-state index contributed by atoms with van der Waals surface area (Å²) in [5, 5.41) is 29.6. The Bertz CT molecular complexity index is 1050. The number of hydrogen-bond donors (Lipinski definition) is 2. The molecule has 25 heavy (non-hydrogen) atoms. The largest absolute Gasteiger partial charge is 0.379 e. The summed E-state index contributed by atoms with van der Waals surface area (Å²) in [4.78, 5) is 4.30. The molecule has 0 spiro atoms. The number of hydrogen-bond acceptors (Lipinski definition) is 6. The Morgan fingerprint density at radius 3 is 2.76 bits per heavy atom. The summed E-state index contributed by atoms with van der Waals surface area (Å²) in [6.07, 6.45) is 3.78. The minimum absolute atomic E-state index is 0.374. The number of nitrogens with one attached hydrogen (secondary N) is 2. The molecule has 122 valence electrons. The molecule has 7 heteroatoms. The van der Waals surface area contributed by atoms with Gasteiger partial charge in [-0.25, -0.2) is 4.98 Å². The first kappa shape index (κ1) is 15.0. The molecule has 2 aromatic heterocycles. The van der Waals surface area contributed by atoms with E-state index in [4.69, 9.17) is 0 Å². The number of rotatable bonds is 4. The molecule has 1 fully saturated rings. The number of aryl methyl sites for hydroxylation is 1.